The van der Waals surface area contributed by atoms with Gasteiger partial charge in [-0.3, -0.25) is 9.79 Å². The molecule has 10 heteroatoms. The van der Waals surface area contributed by atoms with E-state index in [0.717, 1.165) is 5.56 Å². The number of rotatable bonds is 9. The quantitative estimate of drug-likeness (QED) is 0.228. The number of hydrogen-bond donors (Lipinski definition) is 3. The maximum absolute atomic E-state index is 13.1. The molecule has 1 aromatic carbocycles. The zero-order valence-corrected chi connectivity index (χ0v) is 17.1. The first-order chi connectivity index (χ1) is 14.4. The predicted octanol–water partition coefficient (Wildman–Crippen LogP) is 0.499. The van der Waals surface area contributed by atoms with Crippen LogP contribution in [0.1, 0.15) is 31.2 Å². The molecule has 1 aliphatic rings. The number of likely N-dealkylation sites (tertiary alicyclic amines) is 1. The van der Waals surface area contributed by atoms with Gasteiger partial charge in [-0.15, -0.1) is 0 Å². The Bertz CT molecular complexity index is 751. The van der Waals surface area contributed by atoms with E-state index in [1.807, 2.05) is 30.3 Å². The molecule has 0 saturated carbocycles. The fourth-order valence-corrected chi connectivity index (χ4v) is 3.28. The van der Waals surface area contributed by atoms with Crippen LogP contribution >= 0.6 is 0 Å². The molecule has 1 heterocycles. The number of esters is 1. The summed E-state index contributed by atoms with van der Waals surface area (Å²) < 4.78 is 10.0. The minimum absolute atomic E-state index is 0.0431. The Labute approximate surface area is 175 Å². The molecule has 2 atom stereocenters. The normalized spacial score (nSPS) is 16.4. The zero-order chi connectivity index (χ0) is 21.9. The number of nitrogens with two attached hydrogens (primary N) is 2. The highest BCUT2D eigenvalue weighted by atomic mass is 16.5. The lowest BCUT2D eigenvalue weighted by Gasteiger charge is -2.27. The first kappa shape index (κ1) is 23.0. The van der Waals surface area contributed by atoms with E-state index in [2.05, 4.69) is 10.3 Å². The van der Waals surface area contributed by atoms with Gasteiger partial charge in [0.05, 0.1) is 7.11 Å². The monoisotopic (exact) mass is 419 g/mol. The third-order valence-electron chi connectivity index (χ3n) is 4.76. The lowest BCUT2D eigenvalue weighted by molar-refractivity contribution is -0.151. The average Bonchev–Trinajstić information content (AvgIpc) is 3.23. The van der Waals surface area contributed by atoms with Gasteiger partial charge in [0, 0.05) is 13.1 Å². The molecular weight excluding hydrogens is 390 g/mol. The molecular formula is C20H29N5O5. The summed E-state index contributed by atoms with van der Waals surface area (Å²) in [6, 6.07) is 7.69. The molecule has 0 aromatic heterocycles. The molecule has 0 radical (unpaired) electrons. The number of ether oxygens (including phenoxy) is 2. The number of guanidine groups is 1. The van der Waals surface area contributed by atoms with E-state index in [1.165, 1.54) is 12.0 Å². The molecule has 30 heavy (non-hydrogen) atoms. The number of alkyl carbamates (subject to hydrolysis) is 1. The maximum Gasteiger partial charge on any atom is 0.408 e. The maximum atomic E-state index is 13.1. The second-order valence-corrected chi connectivity index (χ2v) is 6.92. The van der Waals surface area contributed by atoms with Gasteiger partial charge in [0.2, 0.25) is 5.91 Å². The Balaban J connectivity index is 2.01. The van der Waals surface area contributed by atoms with Crippen LogP contribution in [0.2, 0.25) is 0 Å². The standard InChI is InChI=1S/C20H29N5O5/c1-29-18(27)16-10-6-12-25(16)17(26)15(9-5-11-23-19(21)22)24-20(28)30-13-14-7-3-2-4-8-14/h2-4,7-8,15-16H,5-6,9-13H2,1H3,(H,24,28)(H4,21,22,23)/t15-,16+/m1/s1. The SMILES string of the molecule is COC(=O)[C@@H]1CCCN1C(=O)[C@@H](CCCN=C(N)N)NC(=O)OCc1ccccc1. The molecule has 1 aromatic rings. The number of nitrogens with one attached hydrogen (secondary N) is 1. The molecule has 164 valence electrons. The van der Waals surface area contributed by atoms with Crippen LogP contribution in [0.5, 0.6) is 0 Å². The summed E-state index contributed by atoms with van der Waals surface area (Å²) in [7, 11) is 1.29. The summed E-state index contributed by atoms with van der Waals surface area (Å²) in [5, 5.41) is 2.61. The summed E-state index contributed by atoms with van der Waals surface area (Å²) in [6.45, 7) is 0.813. The summed E-state index contributed by atoms with van der Waals surface area (Å²) in [5.74, 6) is -0.866. The fraction of sp³-hybridized carbons (Fsp3) is 0.500. The third kappa shape index (κ3) is 6.94. The van der Waals surface area contributed by atoms with Gasteiger partial charge in [0.25, 0.3) is 0 Å². The van der Waals surface area contributed by atoms with E-state index >= 15 is 0 Å². The van der Waals surface area contributed by atoms with Crippen molar-refractivity contribution in [3.63, 3.8) is 0 Å². The summed E-state index contributed by atoms with van der Waals surface area (Å²) in [6.07, 6.45) is 1.25. The van der Waals surface area contributed by atoms with Crippen LogP contribution in [0, 0.1) is 0 Å². The van der Waals surface area contributed by atoms with Crippen LogP contribution in [0.25, 0.3) is 0 Å². The first-order valence-corrected chi connectivity index (χ1v) is 9.83. The van der Waals surface area contributed by atoms with Crippen molar-refractivity contribution in [1.29, 1.82) is 0 Å². The molecule has 0 unspecified atom stereocenters. The van der Waals surface area contributed by atoms with Crippen molar-refractivity contribution >= 4 is 23.9 Å². The minimum Gasteiger partial charge on any atom is -0.467 e. The second-order valence-electron chi connectivity index (χ2n) is 6.92. The number of methoxy groups -OCH3 is 1. The van der Waals surface area contributed by atoms with Crippen LogP contribution < -0.4 is 16.8 Å². The van der Waals surface area contributed by atoms with Crippen LogP contribution in [0.4, 0.5) is 4.79 Å². The molecule has 10 nitrogen and oxygen atoms in total. The number of benzene rings is 1. The number of nitrogens with zero attached hydrogens (tertiary/aromatic N) is 2. The lowest BCUT2D eigenvalue weighted by Crippen LogP contribution is -2.52. The van der Waals surface area contributed by atoms with Crippen molar-refractivity contribution < 1.29 is 23.9 Å². The number of carbonyl (C=O) groups is 3. The van der Waals surface area contributed by atoms with Gasteiger partial charge in [0.1, 0.15) is 18.7 Å². The summed E-state index contributed by atoms with van der Waals surface area (Å²) in [4.78, 5) is 42.7. The van der Waals surface area contributed by atoms with Crippen LogP contribution in [-0.2, 0) is 25.7 Å². The predicted molar refractivity (Wildman–Crippen MR) is 110 cm³/mol. The number of amides is 2. The Morgan fingerprint density at radius 3 is 2.67 bits per heavy atom. The lowest BCUT2D eigenvalue weighted by atomic mass is 10.1. The molecule has 2 amide bonds. The van der Waals surface area contributed by atoms with Gasteiger partial charge in [-0.2, -0.15) is 0 Å². The van der Waals surface area contributed by atoms with Crippen molar-refractivity contribution in [2.24, 2.45) is 16.5 Å². The Morgan fingerprint density at radius 2 is 2.00 bits per heavy atom. The van der Waals surface area contributed by atoms with Crippen LogP contribution in [-0.4, -0.2) is 61.1 Å². The van der Waals surface area contributed by atoms with Crippen molar-refractivity contribution in [2.45, 2.75) is 44.4 Å². The highest BCUT2D eigenvalue weighted by Gasteiger charge is 2.38. The molecule has 1 fully saturated rings. The van der Waals surface area contributed by atoms with Crippen molar-refractivity contribution in [2.75, 3.05) is 20.2 Å². The molecule has 0 spiro atoms. The minimum atomic E-state index is -0.868. The van der Waals surface area contributed by atoms with E-state index < -0.39 is 24.1 Å². The van der Waals surface area contributed by atoms with E-state index in [1.54, 1.807) is 0 Å². The second kappa shape index (κ2) is 11.6. The van der Waals surface area contributed by atoms with Gasteiger partial charge < -0.3 is 31.2 Å². The highest BCUT2D eigenvalue weighted by molar-refractivity contribution is 5.90. The smallest absolute Gasteiger partial charge is 0.408 e. The van der Waals surface area contributed by atoms with Gasteiger partial charge in [-0.05, 0) is 31.2 Å². The summed E-state index contributed by atoms with van der Waals surface area (Å²) >= 11 is 0. The van der Waals surface area contributed by atoms with Crippen LogP contribution in [0.3, 0.4) is 0 Å². The zero-order valence-electron chi connectivity index (χ0n) is 17.1. The van der Waals surface area contributed by atoms with E-state index in [9.17, 15) is 14.4 Å². The van der Waals surface area contributed by atoms with Crippen molar-refractivity contribution in [3.05, 3.63) is 35.9 Å². The van der Waals surface area contributed by atoms with Crippen molar-refractivity contribution in [1.82, 2.24) is 10.2 Å². The van der Waals surface area contributed by atoms with E-state index in [0.29, 0.717) is 38.8 Å². The largest absolute Gasteiger partial charge is 0.467 e. The molecule has 0 bridgehead atoms. The van der Waals surface area contributed by atoms with Crippen LogP contribution in [0.15, 0.2) is 35.3 Å². The third-order valence-corrected chi connectivity index (χ3v) is 4.76. The summed E-state index contributed by atoms with van der Waals surface area (Å²) in [5.41, 5.74) is 11.5. The Hall–Kier alpha value is -3.30. The number of carbonyl (C=O) groups excluding carboxylic acids is 3. The van der Waals surface area contributed by atoms with E-state index in [4.69, 9.17) is 20.9 Å². The fourth-order valence-electron chi connectivity index (χ4n) is 3.28. The average molecular weight is 419 g/mol. The molecule has 2 rings (SSSR count). The number of aliphatic imine (C=N–C) groups is 1. The van der Waals surface area contributed by atoms with Gasteiger partial charge in [-0.25, -0.2) is 9.59 Å². The van der Waals surface area contributed by atoms with Gasteiger partial charge in [0.15, 0.2) is 5.96 Å². The van der Waals surface area contributed by atoms with Gasteiger partial charge in [-0.1, -0.05) is 30.3 Å². The molecule has 5 N–H and O–H groups in total. The number of hydrogen-bond acceptors (Lipinski definition) is 6. The highest BCUT2D eigenvalue weighted by Crippen LogP contribution is 2.20. The molecule has 1 saturated heterocycles. The molecule has 0 aliphatic carbocycles. The van der Waals surface area contributed by atoms with Crippen molar-refractivity contribution in [3.8, 4) is 0 Å². The first-order valence-electron chi connectivity index (χ1n) is 9.83. The Morgan fingerprint density at radius 1 is 1.27 bits per heavy atom. The molecule has 1 aliphatic heterocycles. The van der Waals surface area contributed by atoms with Gasteiger partial charge >= 0.3 is 12.1 Å². The Kier molecular flexibility index (Phi) is 8.92. The van der Waals surface area contributed by atoms with E-state index in [-0.39, 0.29) is 18.5 Å². The topological polar surface area (TPSA) is 149 Å².